The number of ether oxygens (including phenoxy) is 1. The molecule has 0 saturated carbocycles. The number of halogens is 3. The normalized spacial score (nSPS) is 24.4. The summed E-state index contributed by atoms with van der Waals surface area (Å²) in [6.07, 6.45) is -3.66. The van der Waals surface area contributed by atoms with Crippen LogP contribution in [0, 0.1) is 5.92 Å². The average Bonchev–Trinajstić information content (AvgIpc) is 2.32. The first kappa shape index (κ1) is 12.7. The van der Waals surface area contributed by atoms with Crippen molar-refractivity contribution >= 4 is 5.97 Å². The minimum absolute atomic E-state index is 0.607. The van der Waals surface area contributed by atoms with Gasteiger partial charge < -0.3 is 4.74 Å². The lowest BCUT2D eigenvalue weighted by Gasteiger charge is -2.27. The smallest absolute Gasteiger partial charge is 0.421 e. The first-order chi connectivity index (χ1) is 8.39. The number of hydrogen-bond acceptors (Lipinski definition) is 2. The third-order valence-electron chi connectivity index (χ3n) is 2.92. The minimum atomic E-state index is -4.64. The van der Waals surface area contributed by atoms with Crippen LogP contribution in [0.1, 0.15) is 18.4 Å². The van der Waals surface area contributed by atoms with E-state index in [0.29, 0.717) is 5.56 Å². The van der Waals surface area contributed by atoms with Gasteiger partial charge in [-0.1, -0.05) is 37.3 Å². The summed E-state index contributed by atoms with van der Waals surface area (Å²) in [5.74, 6) is -3.30. The van der Waals surface area contributed by atoms with Crippen LogP contribution < -0.4 is 0 Å². The summed E-state index contributed by atoms with van der Waals surface area (Å²) >= 11 is 0. The van der Waals surface area contributed by atoms with Crippen LogP contribution in [0.3, 0.4) is 0 Å². The Morgan fingerprint density at radius 3 is 2.33 bits per heavy atom. The van der Waals surface area contributed by atoms with Crippen molar-refractivity contribution in [3.05, 3.63) is 47.7 Å². The molecule has 0 unspecified atom stereocenters. The summed E-state index contributed by atoms with van der Waals surface area (Å²) in [4.78, 5) is 11.5. The monoisotopic (exact) mass is 256 g/mol. The van der Waals surface area contributed by atoms with E-state index in [1.165, 1.54) is 0 Å². The number of cyclic esters (lactones) is 1. The van der Waals surface area contributed by atoms with E-state index in [1.807, 2.05) is 0 Å². The lowest BCUT2D eigenvalue weighted by molar-refractivity contribution is -0.167. The number of carbonyl (C=O) groups is 1. The largest absolute Gasteiger partial charge is 0.449 e. The molecule has 1 heterocycles. The van der Waals surface area contributed by atoms with Gasteiger partial charge in [0, 0.05) is 5.92 Å². The molecule has 0 N–H and O–H groups in total. The maximum absolute atomic E-state index is 12.6. The third-order valence-corrected chi connectivity index (χ3v) is 2.92. The SMILES string of the molecule is C[C@H]1C(=O)OC(C(F)(F)F)=C[C@@H]1c1ccccc1. The number of benzene rings is 1. The highest BCUT2D eigenvalue weighted by molar-refractivity contribution is 5.76. The molecule has 0 radical (unpaired) electrons. The molecule has 96 valence electrons. The first-order valence-corrected chi connectivity index (χ1v) is 5.45. The number of alkyl halides is 3. The van der Waals surface area contributed by atoms with Gasteiger partial charge in [0.1, 0.15) is 0 Å². The fraction of sp³-hybridized carbons (Fsp3) is 0.308. The lowest BCUT2D eigenvalue weighted by Crippen LogP contribution is -2.30. The summed E-state index contributed by atoms with van der Waals surface area (Å²) in [7, 11) is 0. The molecule has 1 aromatic rings. The van der Waals surface area contributed by atoms with Crippen molar-refractivity contribution in [2.75, 3.05) is 0 Å². The van der Waals surface area contributed by atoms with Gasteiger partial charge >= 0.3 is 12.1 Å². The van der Waals surface area contributed by atoms with Crippen LogP contribution >= 0.6 is 0 Å². The zero-order valence-corrected chi connectivity index (χ0v) is 9.57. The summed E-state index contributed by atoms with van der Waals surface area (Å²) < 4.78 is 42.1. The summed E-state index contributed by atoms with van der Waals surface area (Å²) in [5.41, 5.74) is 0.670. The first-order valence-electron chi connectivity index (χ1n) is 5.45. The van der Waals surface area contributed by atoms with Crippen LogP contribution in [0.25, 0.3) is 0 Å². The fourth-order valence-electron chi connectivity index (χ4n) is 1.90. The maximum atomic E-state index is 12.6. The van der Waals surface area contributed by atoms with E-state index < -0.39 is 29.7 Å². The molecule has 2 rings (SSSR count). The number of carbonyl (C=O) groups excluding carboxylic acids is 1. The van der Waals surface area contributed by atoms with E-state index in [4.69, 9.17) is 0 Å². The molecule has 1 aromatic carbocycles. The topological polar surface area (TPSA) is 26.3 Å². The van der Waals surface area contributed by atoms with Crippen LogP contribution in [-0.2, 0) is 9.53 Å². The van der Waals surface area contributed by atoms with Crippen molar-refractivity contribution in [2.24, 2.45) is 5.92 Å². The maximum Gasteiger partial charge on any atom is 0.449 e. The van der Waals surface area contributed by atoms with Crippen LogP contribution in [-0.4, -0.2) is 12.1 Å². The van der Waals surface area contributed by atoms with E-state index >= 15 is 0 Å². The van der Waals surface area contributed by atoms with Crippen molar-refractivity contribution < 1.29 is 22.7 Å². The van der Waals surface area contributed by atoms with E-state index in [9.17, 15) is 18.0 Å². The van der Waals surface area contributed by atoms with Crippen LogP contribution in [0.2, 0.25) is 0 Å². The summed E-state index contributed by atoms with van der Waals surface area (Å²) in [5, 5.41) is 0. The lowest BCUT2D eigenvalue weighted by atomic mass is 9.85. The third kappa shape index (κ3) is 2.39. The molecule has 0 spiro atoms. The quantitative estimate of drug-likeness (QED) is 0.720. The number of hydrogen-bond donors (Lipinski definition) is 0. The highest BCUT2D eigenvalue weighted by atomic mass is 19.4. The average molecular weight is 256 g/mol. The molecular formula is C13H11F3O2. The van der Waals surface area contributed by atoms with Gasteiger partial charge in [0.05, 0.1) is 5.92 Å². The second-order valence-electron chi connectivity index (χ2n) is 4.17. The van der Waals surface area contributed by atoms with E-state index in [-0.39, 0.29) is 0 Å². The molecular weight excluding hydrogens is 245 g/mol. The van der Waals surface area contributed by atoms with Gasteiger partial charge in [-0.15, -0.1) is 0 Å². The number of rotatable bonds is 1. The van der Waals surface area contributed by atoms with Gasteiger partial charge in [0.25, 0.3) is 0 Å². The Balaban J connectivity index is 2.41. The Labute approximate surface area is 102 Å². The van der Waals surface area contributed by atoms with Gasteiger partial charge in [-0.2, -0.15) is 13.2 Å². The van der Waals surface area contributed by atoms with Gasteiger partial charge in [-0.3, -0.25) is 4.79 Å². The molecule has 0 fully saturated rings. The Morgan fingerprint density at radius 1 is 1.17 bits per heavy atom. The van der Waals surface area contributed by atoms with Crippen LogP contribution in [0.4, 0.5) is 13.2 Å². The molecule has 0 saturated heterocycles. The Bertz CT molecular complexity index is 477. The van der Waals surface area contributed by atoms with Gasteiger partial charge in [-0.25, -0.2) is 0 Å². The minimum Gasteiger partial charge on any atom is -0.421 e. The highest BCUT2D eigenvalue weighted by Gasteiger charge is 2.43. The fourth-order valence-corrected chi connectivity index (χ4v) is 1.90. The Hall–Kier alpha value is -1.78. The highest BCUT2D eigenvalue weighted by Crippen LogP contribution is 2.38. The zero-order chi connectivity index (χ0) is 13.3. The molecule has 0 aromatic heterocycles. The Morgan fingerprint density at radius 2 is 1.78 bits per heavy atom. The number of allylic oxidation sites excluding steroid dienone is 2. The summed E-state index contributed by atoms with van der Waals surface area (Å²) in [6, 6.07) is 8.62. The van der Waals surface area contributed by atoms with Gasteiger partial charge in [-0.05, 0) is 11.6 Å². The molecule has 1 aliphatic rings. The molecule has 18 heavy (non-hydrogen) atoms. The van der Waals surface area contributed by atoms with Crippen molar-refractivity contribution in [3.63, 3.8) is 0 Å². The predicted octanol–water partition coefficient (Wildman–Crippen LogP) is 3.41. The van der Waals surface area contributed by atoms with Crippen molar-refractivity contribution in [1.82, 2.24) is 0 Å². The second kappa shape index (κ2) is 4.48. The second-order valence-corrected chi connectivity index (χ2v) is 4.17. The van der Waals surface area contributed by atoms with E-state index in [2.05, 4.69) is 4.74 Å². The van der Waals surface area contributed by atoms with Gasteiger partial charge in [0.15, 0.2) is 0 Å². The summed E-state index contributed by atoms with van der Waals surface area (Å²) in [6.45, 7) is 1.56. The zero-order valence-electron chi connectivity index (χ0n) is 9.57. The molecule has 2 atom stereocenters. The Kier molecular flexibility index (Phi) is 3.15. The standard InChI is InChI=1S/C13H11F3O2/c1-8-10(9-5-3-2-4-6-9)7-11(13(14,15)16)18-12(8)17/h2-8,10H,1H3/t8-,10+/m1/s1. The molecule has 0 bridgehead atoms. The molecule has 0 amide bonds. The number of esters is 1. The van der Waals surface area contributed by atoms with Crippen molar-refractivity contribution in [3.8, 4) is 0 Å². The van der Waals surface area contributed by atoms with Crippen LogP contribution in [0.15, 0.2) is 42.2 Å². The predicted molar refractivity (Wildman–Crippen MR) is 58.6 cm³/mol. The van der Waals surface area contributed by atoms with Gasteiger partial charge in [0.2, 0.25) is 5.76 Å². The van der Waals surface area contributed by atoms with Crippen molar-refractivity contribution in [2.45, 2.75) is 19.0 Å². The van der Waals surface area contributed by atoms with Crippen molar-refractivity contribution in [1.29, 1.82) is 0 Å². The molecule has 1 aliphatic heterocycles. The molecule has 5 heteroatoms. The molecule has 2 nitrogen and oxygen atoms in total. The van der Waals surface area contributed by atoms with E-state index in [1.54, 1.807) is 37.3 Å². The van der Waals surface area contributed by atoms with Crippen LogP contribution in [0.5, 0.6) is 0 Å². The molecule has 0 aliphatic carbocycles. The van der Waals surface area contributed by atoms with E-state index in [0.717, 1.165) is 6.08 Å².